The molecule has 0 fully saturated rings. The first-order valence-corrected chi connectivity index (χ1v) is 9.46. The molecule has 1 atom stereocenters. The predicted octanol–water partition coefficient (Wildman–Crippen LogP) is 4.63. The topological polar surface area (TPSA) is 29.5 Å². The molecule has 5 heteroatoms. The highest BCUT2D eigenvalue weighted by Crippen LogP contribution is 2.25. The normalized spacial score (nSPS) is 12.2. The molecule has 3 nitrogen and oxygen atoms in total. The van der Waals surface area contributed by atoms with Crippen molar-refractivity contribution in [1.29, 1.82) is 0 Å². The maximum Gasteiger partial charge on any atom is 0.303 e. The van der Waals surface area contributed by atoms with Gasteiger partial charge in [-0.05, 0) is 69.9 Å². The summed E-state index contributed by atoms with van der Waals surface area (Å²) in [5.74, 6) is -0.252. The zero-order chi connectivity index (χ0) is 16.8. The number of hydrogen-bond donors (Lipinski definition) is 0. The third-order valence-corrected chi connectivity index (χ3v) is 5.47. The van der Waals surface area contributed by atoms with Crippen molar-refractivity contribution in [2.24, 2.45) is 0 Å². The van der Waals surface area contributed by atoms with Crippen LogP contribution in [0.1, 0.15) is 24.2 Å². The van der Waals surface area contributed by atoms with Crippen LogP contribution in [0.15, 0.2) is 48.5 Å². The standard InChI is InChI=1S/C18H19I2NO2/c1-13(22)23-18(15-8-4-6-10-17(15)20)12-21(2)11-14-7-3-5-9-16(14)19/h3-10,18H,11-12H2,1-2H3. The lowest BCUT2D eigenvalue weighted by molar-refractivity contribution is -0.147. The highest BCUT2D eigenvalue weighted by molar-refractivity contribution is 14.1. The molecule has 0 aliphatic heterocycles. The van der Waals surface area contributed by atoms with Crippen LogP contribution in [0.5, 0.6) is 0 Å². The summed E-state index contributed by atoms with van der Waals surface area (Å²) in [6.07, 6.45) is -0.257. The fourth-order valence-electron chi connectivity index (χ4n) is 2.40. The van der Waals surface area contributed by atoms with E-state index in [1.165, 1.54) is 16.1 Å². The first kappa shape index (κ1) is 18.7. The number of carbonyl (C=O) groups excluding carboxylic acids is 1. The van der Waals surface area contributed by atoms with Crippen molar-refractivity contribution in [3.63, 3.8) is 0 Å². The Morgan fingerprint density at radius 2 is 1.70 bits per heavy atom. The third kappa shape index (κ3) is 5.72. The van der Waals surface area contributed by atoms with E-state index in [-0.39, 0.29) is 12.1 Å². The van der Waals surface area contributed by atoms with Crippen molar-refractivity contribution in [3.8, 4) is 0 Å². The van der Waals surface area contributed by atoms with Crippen LogP contribution in [0, 0.1) is 7.14 Å². The molecule has 0 saturated heterocycles. The number of ether oxygens (including phenoxy) is 1. The van der Waals surface area contributed by atoms with E-state index in [0.717, 1.165) is 15.7 Å². The van der Waals surface area contributed by atoms with Crippen LogP contribution in [0.4, 0.5) is 0 Å². The molecule has 0 N–H and O–H groups in total. The van der Waals surface area contributed by atoms with Gasteiger partial charge in [0.05, 0.1) is 0 Å². The molecule has 0 radical (unpaired) electrons. The number of likely N-dealkylation sites (N-methyl/N-ethyl adjacent to an activating group) is 1. The second kappa shape index (κ2) is 8.98. The smallest absolute Gasteiger partial charge is 0.303 e. The second-order valence-corrected chi connectivity index (χ2v) is 7.73. The van der Waals surface area contributed by atoms with Crippen molar-refractivity contribution >= 4 is 51.2 Å². The summed E-state index contributed by atoms with van der Waals surface area (Å²) in [7, 11) is 2.05. The zero-order valence-corrected chi connectivity index (χ0v) is 17.4. The molecule has 2 aromatic carbocycles. The average molecular weight is 535 g/mol. The van der Waals surface area contributed by atoms with Crippen LogP contribution in [0.25, 0.3) is 0 Å². The van der Waals surface area contributed by atoms with Crippen molar-refractivity contribution in [1.82, 2.24) is 4.90 Å². The molecule has 0 spiro atoms. The van der Waals surface area contributed by atoms with Crippen molar-refractivity contribution in [3.05, 3.63) is 66.8 Å². The number of nitrogens with zero attached hydrogens (tertiary/aromatic N) is 1. The van der Waals surface area contributed by atoms with E-state index in [2.05, 4.69) is 75.3 Å². The Morgan fingerprint density at radius 1 is 1.09 bits per heavy atom. The van der Waals surface area contributed by atoms with E-state index in [4.69, 9.17) is 4.74 Å². The van der Waals surface area contributed by atoms with Gasteiger partial charge >= 0.3 is 5.97 Å². The Kier molecular flexibility index (Phi) is 7.29. The van der Waals surface area contributed by atoms with E-state index < -0.39 is 0 Å². The third-order valence-electron chi connectivity index (χ3n) is 3.44. The van der Waals surface area contributed by atoms with Gasteiger partial charge in [-0.25, -0.2) is 0 Å². The molecule has 0 bridgehead atoms. The summed E-state index contributed by atoms with van der Waals surface area (Å²) in [6.45, 7) is 2.94. The number of hydrogen-bond acceptors (Lipinski definition) is 3. The highest BCUT2D eigenvalue weighted by Gasteiger charge is 2.19. The Morgan fingerprint density at radius 3 is 2.30 bits per heavy atom. The molecule has 2 aromatic rings. The summed E-state index contributed by atoms with van der Waals surface area (Å²) >= 11 is 4.64. The molecule has 122 valence electrons. The number of rotatable bonds is 6. The summed E-state index contributed by atoms with van der Waals surface area (Å²) in [5.41, 5.74) is 2.33. The fourth-order valence-corrected chi connectivity index (χ4v) is 3.69. The van der Waals surface area contributed by atoms with Gasteiger partial charge in [0.1, 0.15) is 6.10 Å². The maximum atomic E-state index is 11.5. The Balaban J connectivity index is 2.13. The molecule has 0 heterocycles. The molecule has 23 heavy (non-hydrogen) atoms. The van der Waals surface area contributed by atoms with E-state index in [1.807, 2.05) is 30.3 Å². The van der Waals surface area contributed by atoms with Crippen LogP contribution in [0.2, 0.25) is 0 Å². The average Bonchev–Trinajstić information content (AvgIpc) is 2.49. The van der Waals surface area contributed by atoms with E-state index in [1.54, 1.807) is 0 Å². The maximum absolute atomic E-state index is 11.5. The van der Waals surface area contributed by atoms with Crippen LogP contribution >= 0.6 is 45.2 Å². The number of esters is 1. The molecule has 0 amide bonds. The van der Waals surface area contributed by atoms with Gasteiger partial charge in [-0.2, -0.15) is 0 Å². The monoisotopic (exact) mass is 535 g/mol. The van der Waals surface area contributed by atoms with Gasteiger partial charge in [-0.1, -0.05) is 36.4 Å². The minimum Gasteiger partial charge on any atom is -0.456 e. The number of benzene rings is 2. The molecular weight excluding hydrogens is 516 g/mol. The lowest BCUT2D eigenvalue weighted by Crippen LogP contribution is -2.27. The predicted molar refractivity (Wildman–Crippen MR) is 109 cm³/mol. The van der Waals surface area contributed by atoms with Crippen LogP contribution in [-0.4, -0.2) is 24.5 Å². The lowest BCUT2D eigenvalue weighted by Gasteiger charge is -2.25. The van der Waals surface area contributed by atoms with Crippen molar-refractivity contribution in [2.75, 3.05) is 13.6 Å². The summed E-state index contributed by atoms with van der Waals surface area (Å²) in [6, 6.07) is 16.4. The van der Waals surface area contributed by atoms with Crippen LogP contribution in [0.3, 0.4) is 0 Å². The van der Waals surface area contributed by atoms with Gasteiger partial charge in [-0.3, -0.25) is 9.69 Å². The minimum atomic E-state index is -0.257. The Bertz CT molecular complexity index is 676. The van der Waals surface area contributed by atoms with Crippen molar-refractivity contribution < 1.29 is 9.53 Å². The van der Waals surface area contributed by atoms with Gasteiger partial charge < -0.3 is 4.74 Å². The van der Waals surface area contributed by atoms with E-state index in [9.17, 15) is 4.79 Å². The van der Waals surface area contributed by atoms with Gasteiger partial charge in [0.15, 0.2) is 0 Å². The second-order valence-electron chi connectivity index (χ2n) is 5.41. The summed E-state index contributed by atoms with van der Waals surface area (Å²) in [5, 5.41) is 0. The van der Waals surface area contributed by atoms with Crippen LogP contribution < -0.4 is 0 Å². The first-order chi connectivity index (χ1) is 11.0. The number of carbonyl (C=O) groups is 1. The summed E-state index contributed by atoms with van der Waals surface area (Å²) in [4.78, 5) is 13.7. The molecule has 0 aromatic heterocycles. The van der Waals surface area contributed by atoms with Crippen molar-refractivity contribution in [2.45, 2.75) is 19.6 Å². The van der Waals surface area contributed by atoms with Gasteiger partial charge in [0, 0.05) is 32.7 Å². The Hall–Kier alpha value is -0.670. The molecule has 1 unspecified atom stereocenters. The molecule has 0 saturated carbocycles. The Labute approximate surface area is 164 Å². The van der Waals surface area contributed by atoms with E-state index in [0.29, 0.717) is 6.54 Å². The van der Waals surface area contributed by atoms with Crippen LogP contribution in [-0.2, 0) is 16.1 Å². The first-order valence-electron chi connectivity index (χ1n) is 7.31. The number of halogens is 2. The summed E-state index contributed by atoms with van der Waals surface area (Å²) < 4.78 is 7.92. The minimum absolute atomic E-state index is 0.252. The SMILES string of the molecule is CC(=O)OC(CN(C)Cc1ccccc1I)c1ccccc1I. The molecule has 0 aliphatic rings. The molecular formula is C18H19I2NO2. The quantitative estimate of drug-likeness (QED) is 0.400. The largest absolute Gasteiger partial charge is 0.456 e. The van der Waals surface area contributed by atoms with E-state index >= 15 is 0 Å². The molecule has 2 rings (SSSR count). The van der Waals surface area contributed by atoms with Gasteiger partial charge in [-0.15, -0.1) is 0 Å². The fraction of sp³-hybridized carbons (Fsp3) is 0.278. The van der Waals surface area contributed by atoms with Gasteiger partial charge in [0.2, 0.25) is 0 Å². The zero-order valence-electron chi connectivity index (χ0n) is 13.1. The lowest BCUT2D eigenvalue weighted by atomic mass is 10.1. The van der Waals surface area contributed by atoms with Gasteiger partial charge in [0.25, 0.3) is 0 Å². The molecule has 0 aliphatic carbocycles. The highest BCUT2D eigenvalue weighted by atomic mass is 127.